The molecule has 0 aliphatic heterocycles. The Hall–Kier alpha value is -8.20. The van der Waals surface area contributed by atoms with E-state index in [9.17, 15) is 0 Å². The molecule has 0 radical (unpaired) electrons. The molecule has 62 heavy (non-hydrogen) atoms. The Morgan fingerprint density at radius 3 is 1.39 bits per heavy atom. The van der Waals surface area contributed by atoms with E-state index >= 15 is 0 Å². The van der Waals surface area contributed by atoms with Crippen molar-refractivity contribution in [1.82, 2.24) is 0 Å². The van der Waals surface area contributed by atoms with Gasteiger partial charge in [-0.2, -0.15) is 0 Å². The molecule has 0 aliphatic rings. The molecule has 0 saturated heterocycles. The molecule has 12 aromatic rings. The summed E-state index contributed by atoms with van der Waals surface area (Å²) >= 11 is 0. The molecular weight excluding hydrogens is 751 g/mol. The Morgan fingerprint density at radius 1 is 0.290 bits per heavy atom. The minimum absolute atomic E-state index is 0.861. The first kappa shape index (κ1) is 35.7. The molecule has 2 nitrogen and oxygen atoms in total. The van der Waals surface area contributed by atoms with Crippen molar-refractivity contribution in [3.05, 3.63) is 237 Å². The lowest BCUT2D eigenvalue weighted by molar-refractivity contribution is 0.672. The molecule has 290 valence electrons. The first-order valence-electron chi connectivity index (χ1n) is 21.3. The van der Waals surface area contributed by atoms with E-state index < -0.39 is 0 Å². The van der Waals surface area contributed by atoms with Crippen LogP contribution in [0.4, 0.5) is 17.1 Å². The monoisotopic (exact) mass is 789 g/mol. The van der Waals surface area contributed by atoms with Gasteiger partial charge in [0, 0.05) is 22.1 Å². The third kappa shape index (κ3) is 5.96. The summed E-state index contributed by atoms with van der Waals surface area (Å²) in [7, 11) is 0. The maximum absolute atomic E-state index is 6.73. The first-order valence-corrected chi connectivity index (χ1v) is 21.3. The summed E-state index contributed by atoms with van der Waals surface area (Å²) < 4.78 is 6.73. The minimum Gasteiger partial charge on any atom is -0.455 e. The van der Waals surface area contributed by atoms with Gasteiger partial charge in [-0.05, 0) is 120 Å². The summed E-state index contributed by atoms with van der Waals surface area (Å²) in [4.78, 5) is 2.39. The van der Waals surface area contributed by atoms with E-state index in [0.717, 1.165) is 55.3 Å². The van der Waals surface area contributed by atoms with Gasteiger partial charge < -0.3 is 9.32 Å². The van der Waals surface area contributed by atoms with Crippen molar-refractivity contribution in [3.8, 4) is 44.5 Å². The van der Waals surface area contributed by atoms with E-state index in [-0.39, 0.29) is 0 Å². The van der Waals surface area contributed by atoms with Gasteiger partial charge in [0.1, 0.15) is 11.2 Å². The van der Waals surface area contributed by atoms with Crippen LogP contribution >= 0.6 is 0 Å². The van der Waals surface area contributed by atoms with E-state index in [4.69, 9.17) is 4.42 Å². The molecule has 1 heterocycles. The van der Waals surface area contributed by atoms with Crippen molar-refractivity contribution in [2.45, 2.75) is 0 Å². The lowest BCUT2D eigenvalue weighted by atomic mass is 9.85. The molecule has 0 spiro atoms. The normalized spacial score (nSPS) is 11.5. The van der Waals surface area contributed by atoms with Crippen LogP contribution in [0.25, 0.3) is 98.8 Å². The Bertz CT molecular complexity index is 3610. The van der Waals surface area contributed by atoms with Crippen LogP contribution in [0.1, 0.15) is 0 Å². The van der Waals surface area contributed by atoms with E-state index in [1.165, 1.54) is 60.5 Å². The zero-order chi connectivity index (χ0) is 41.0. The molecule has 0 saturated carbocycles. The number of furan rings is 1. The van der Waals surface area contributed by atoms with Gasteiger partial charge in [-0.3, -0.25) is 0 Å². The van der Waals surface area contributed by atoms with Gasteiger partial charge in [0.05, 0.1) is 11.1 Å². The summed E-state index contributed by atoms with van der Waals surface area (Å²) in [5.41, 5.74) is 14.6. The smallest absolute Gasteiger partial charge is 0.143 e. The number of nitrogens with zero attached hydrogens (tertiary/aromatic N) is 1. The van der Waals surface area contributed by atoms with Crippen molar-refractivity contribution < 1.29 is 4.42 Å². The molecule has 0 unspecified atom stereocenters. The van der Waals surface area contributed by atoms with Gasteiger partial charge in [0.2, 0.25) is 0 Å². The molecule has 0 aliphatic carbocycles. The van der Waals surface area contributed by atoms with Crippen molar-refractivity contribution in [2.24, 2.45) is 0 Å². The summed E-state index contributed by atoms with van der Waals surface area (Å²) in [6, 6.07) is 85.4. The van der Waals surface area contributed by atoms with Crippen molar-refractivity contribution in [2.75, 3.05) is 4.90 Å². The van der Waals surface area contributed by atoms with Crippen LogP contribution in [-0.4, -0.2) is 0 Å². The van der Waals surface area contributed by atoms with Crippen LogP contribution in [0, 0.1) is 0 Å². The maximum Gasteiger partial charge on any atom is 0.143 e. The second-order valence-corrected chi connectivity index (χ2v) is 16.0. The predicted octanol–water partition coefficient (Wildman–Crippen LogP) is 17.2. The third-order valence-electron chi connectivity index (χ3n) is 12.4. The van der Waals surface area contributed by atoms with Crippen LogP contribution in [0.5, 0.6) is 0 Å². The van der Waals surface area contributed by atoms with Crippen LogP contribution in [0.2, 0.25) is 0 Å². The highest BCUT2D eigenvalue weighted by Gasteiger charge is 2.22. The summed E-state index contributed by atoms with van der Waals surface area (Å²) in [6.45, 7) is 0. The Balaban J connectivity index is 1.05. The fraction of sp³-hybridized carbons (Fsp3) is 0. The highest BCUT2D eigenvalue weighted by Crippen LogP contribution is 2.47. The number of hydrogen-bond acceptors (Lipinski definition) is 2. The average molecular weight is 790 g/mol. The highest BCUT2D eigenvalue weighted by molar-refractivity contribution is 6.22. The third-order valence-corrected chi connectivity index (χ3v) is 12.4. The first-order chi connectivity index (χ1) is 30.8. The number of fused-ring (bicyclic) bond motifs is 8. The minimum atomic E-state index is 0.861. The fourth-order valence-electron chi connectivity index (χ4n) is 9.58. The summed E-state index contributed by atoms with van der Waals surface area (Å²) in [5.74, 6) is 0. The summed E-state index contributed by atoms with van der Waals surface area (Å²) in [5, 5.41) is 9.46. The van der Waals surface area contributed by atoms with Crippen molar-refractivity contribution >= 4 is 71.3 Å². The zero-order valence-electron chi connectivity index (χ0n) is 33.9. The van der Waals surface area contributed by atoms with Gasteiger partial charge in [-0.15, -0.1) is 0 Å². The van der Waals surface area contributed by atoms with Crippen molar-refractivity contribution in [1.29, 1.82) is 0 Å². The Labute approximate surface area is 360 Å². The van der Waals surface area contributed by atoms with Crippen LogP contribution in [0.15, 0.2) is 241 Å². The van der Waals surface area contributed by atoms with Gasteiger partial charge in [-0.1, -0.05) is 188 Å². The maximum atomic E-state index is 6.73. The van der Waals surface area contributed by atoms with Gasteiger partial charge in [0.15, 0.2) is 0 Å². The lowest BCUT2D eigenvalue weighted by Crippen LogP contribution is -2.10. The van der Waals surface area contributed by atoms with E-state index in [1.807, 2.05) is 0 Å². The number of rotatable bonds is 7. The highest BCUT2D eigenvalue weighted by atomic mass is 16.3. The summed E-state index contributed by atoms with van der Waals surface area (Å²) in [6.07, 6.45) is 0. The quantitative estimate of drug-likeness (QED) is 0.150. The molecule has 0 fully saturated rings. The standard InChI is InChI=1S/C60H39NO/c1-3-15-40(16-4-1)45-20-13-21-46(39-45)41-29-34-47(35-30-41)61(55-27-14-28-56-59(55)54-38-33-42-17-7-8-22-49(42)60(54)62-56)48-36-31-44(32-37-48)58-53-26-12-10-24-51(53)50-23-9-11-25-52(50)57(58)43-18-5-2-6-19-43/h1-39H. The predicted molar refractivity (Wildman–Crippen MR) is 263 cm³/mol. The van der Waals surface area contributed by atoms with Crippen molar-refractivity contribution in [3.63, 3.8) is 0 Å². The SMILES string of the molecule is c1ccc(-c2cccc(-c3ccc(N(c4ccc(-c5c(-c6ccccc6)c6ccccc6c6ccccc56)cc4)c4cccc5oc6c7ccccc7ccc6c45)cc3)c2)cc1. The van der Waals surface area contributed by atoms with E-state index in [2.05, 4.69) is 241 Å². The molecule has 0 N–H and O–H groups in total. The second-order valence-electron chi connectivity index (χ2n) is 16.0. The largest absolute Gasteiger partial charge is 0.455 e. The molecule has 2 heteroatoms. The van der Waals surface area contributed by atoms with Gasteiger partial charge >= 0.3 is 0 Å². The van der Waals surface area contributed by atoms with Crippen LogP contribution < -0.4 is 4.90 Å². The van der Waals surface area contributed by atoms with Gasteiger partial charge in [-0.25, -0.2) is 0 Å². The molecule has 1 aromatic heterocycles. The molecule has 0 bridgehead atoms. The molecule has 11 aromatic carbocycles. The molecule has 0 atom stereocenters. The molecule has 0 amide bonds. The Kier molecular flexibility index (Phi) is 8.53. The lowest BCUT2D eigenvalue weighted by Gasteiger charge is -2.27. The van der Waals surface area contributed by atoms with E-state index in [1.54, 1.807) is 0 Å². The molecular formula is C60H39NO. The van der Waals surface area contributed by atoms with Gasteiger partial charge in [0.25, 0.3) is 0 Å². The van der Waals surface area contributed by atoms with E-state index in [0.29, 0.717) is 0 Å². The fourth-order valence-corrected chi connectivity index (χ4v) is 9.58. The molecule has 12 rings (SSSR count). The number of hydrogen-bond donors (Lipinski definition) is 0. The van der Waals surface area contributed by atoms with Crippen LogP contribution in [0.3, 0.4) is 0 Å². The topological polar surface area (TPSA) is 16.4 Å². The number of anilines is 3. The second kappa shape index (κ2) is 14.8. The van der Waals surface area contributed by atoms with Crippen LogP contribution in [-0.2, 0) is 0 Å². The Morgan fingerprint density at radius 2 is 0.758 bits per heavy atom. The average Bonchev–Trinajstić information content (AvgIpc) is 3.75. The zero-order valence-corrected chi connectivity index (χ0v) is 33.9. The number of benzene rings is 11.